The summed E-state index contributed by atoms with van der Waals surface area (Å²) in [6, 6.07) is 2.42. The van der Waals surface area contributed by atoms with E-state index in [2.05, 4.69) is 0 Å². The molecular weight excluding hydrogens is 297 g/mol. The number of amides is 2. The van der Waals surface area contributed by atoms with Crippen molar-refractivity contribution in [3.8, 4) is 0 Å². The summed E-state index contributed by atoms with van der Waals surface area (Å²) in [4.78, 5) is 35.5. The number of halogens is 1. The Morgan fingerprint density at radius 3 is 2.77 bits per heavy atom. The number of benzene rings is 1. The zero-order valence-corrected chi connectivity index (χ0v) is 11.5. The van der Waals surface area contributed by atoms with E-state index in [1.165, 1.54) is 6.07 Å². The highest BCUT2D eigenvalue weighted by Gasteiger charge is 2.36. The number of nitrogens with two attached hydrogens (primary N) is 1. The maximum atomic E-state index is 14.3. The molecule has 1 fully saturated rings. The quantitative estimate of drug-likeness (QED) is 0.891. The number of nitrogens with zero attached hydrogens (tertiary/aromatic N) is 2. The van der Waals surface area contributed by atoms with E-state index in [1.807, 2.05) is 0 Å². The Morgan fingerprint density at radius 2 is 2.18 bits per heavy atom. The SMILES string of the molecule is CCn1c(=O)oc2cc(N3CC(C(N)=O)OC3=O)cc(F)c21. The molecule has 0 saturated carbocycles. The van der Waals surface area contributed by atoms with Crippen LogP contribution in [0.25, 0.3) is 11.1 Å². The van der Waals surface area contributed by atoms with Crippen LogP contribution in [0.2, 0.25) is 0 Å². The first kappa shape index (κ1) is 14.1. The third-order valence-corrected chi connectivity index (χ3v) is 3.46. The molecule has 0 bridgehead atoms. The lowest BCUT2D eigenvalue weighted by atomic mass is 10.2. The summed E-state index contributed by atoms with van der Waals surface area (Å²) in [7, 11) is 0. The average molecular weight is 309 g/mol. The number of cyclic esters (lactones) is 1. The second kappa shape index (κ2) is 4.86. The second-order valence-corrected chi connectivity index (χ2v) is 4.77. The molecule has 9 heteroatoms. The van der Waals surface area contributed by atoms with E-state index >= 15 is 0 Å². The van der Waals surface area contributed by atoms with Crippen molar-refractivity contribution in [2.24, 2.45) is 5.73 Å². The fraction of sp³-hybridized carbons (Fsp3) is 0.308. The van der Waals surface area contributed by atoms with Gasteiger partial charge in [-0.2, -0.15) is 0 Å². The molecule has 22 heavy (non-hydrogen) atoms. The number of carbonyl (C=O) groups excluding carboxylic acids is 2. The zero-order valence-electron chi connectivity index (χ0n) is 11.5. The number of rotatable bonds is 3. The van der Waals surface area contributed by atoms with Gasteiger partial charge < -0.3 is 14.9 Å². The van der Waals surface area contributed by atoms with Crippen LogP contribution in [-0.2, 0) is 16.1 Å². The van der Waals surface area contributed by atoms with E-state index in [-0.39, 0.29) is 29.9 Å². The normalized spacial score (nSPS) is 18.0. The molecule has 1 aliphatic rings. The van der Waals surface area contributed by atoms with Crippen LogP contribution in [-0.4, -0.2) is 29.2 Å². The van der Waals surface area contributed by atoms with Crippen LogP contribution in [0.3, 0.4) is 0 Å². The van der Waals surface area contributed by atoms with Crippen molar-refractivity contribution in [3.63, 3.8) is 0 Å². The Balaban J connectivity index is 2.08. The highest BCUT2D eigenvalue weighted by Crippen LogP contribution is 2.28. The lowest BCUT2D eigenvalue weighted by Crippen LogP contribution is -2.32. The predicted octanol–water partition coefficient (Wildman–Crippen LogP) is 0.564. The Labute approximate surface area is 122 Å². The van der Waals surface area contributed by atoms with Gasteiger partial charge in [0.05, 0.1) is 12.2 Å². The van der Waals surface area contributed by atoms with Crippen LogP contribution in [0.5, 0.6) is 0 Å². The van der Waals surface area contributed by atoms with Crippen LogP contribution in [0, 0.1) is 5.82 Å². The zero-order chi connectivity index (χ0) is 16.0. The van der Waals surface area contributed by atoms with Gasteiger partial charge in [-0.15, -0.1) is 0 Å². The van der Waals surface area contributed by atoms with E-state index in [1.54, 1.807) is 6.92 Å². The number of carbonyl (C=O) groups is 2. The summed E-state index contributed by atoms with van der Waals surface area (Å²) in [6.07, 6.45) is -1.92. The molecule has 1 aliphatic heterocycles. The molecular formula is C13H12FN3O5. The van der Waals surface area contributed by atoms with Crippen molar-refractivity contribution in [2.45, 2.75) is 19.6 Å². The number of aryl methyl sites for hydroxylation is 1. The van der Waals surface area contributed by atoms with Gasteiger partial charge in [-0.25, -0.2) is 14.0 Å². The minimum atomic E-state index is -1.10. The van der Waals surface area contributed by atoms with Gasteiger partial charge in [0.25, 0.3) is 5.91 Å². The highest BCUT2D eigenvalue weighted by molar-refractivity contribution is 5.96. The molecule has 2 heterocycles. The first-order chi connectivity index (χ1) is 10.4. The fourth-order valence-electron chi connectivity index (χ4n) is 2.41. The number of aromatic nitrogens is 1. The fourth-order valence-corrected chi connectivity index (χ4v) is 2.41. The number of hydrogen-bond donors (Lipinski definition) is 1. The van der Waals surface area contributed by atoms with Crippen molar-refractivity contribution < 1.29 is 23.1 Å². The maximum Gasteiger partial charge on any atom is 0.420 e. The van der Waals surface area contributed by atoms with Crippen molar-refractivity contribution in [2.75, 3.05) is 11.4 Å². The maximum absolute atomic E-state index is 14.3. The number of hydrogen-bond acceptors (Lipinski definition) is 5. The number of ether oxygens (including phenoxy) is 1. The Hall–Kier alpha value is -2.84. The van der Waals surface area contributed by atoms with E-state index in [0.29, 0.717) is 0 Å². The van der Waals surface area contributed by atoms with Crippen LogP contribution in [0.1, 0.15) is 6.92 Å². The molecule has 2 aromatic rings. The van der Waals surface area contributed by atoms with Gasteiger partial charge in [-0.3, -0.25) is 14.3 Å². The van der Waals surface area contributed by atoms with Crippen molar-refractivity contribution in [1.82, 2.24) is 4.57 Å². The first-order valence-electron chi connectivity index (χ1n) is 6.52. The number of anilines is 1. The lowest BCUT2D eigenvalue weighted by molar-refractivity contribution is -0.124. The summed E-state index contributed by atoms with van der Waals surface area (Å²) in [5.74, 6) is -2.19. The molecule has 0 radical (unpaired) electrons. The minimum absolute atomic E-state index is 0.0113. The Bertz CT molecular complexity index is 840. The summed E-state index contributed by atoms with van der Waals surface area (Å²) >= 11 is 0. The molecule has 0 aliphatic carbocycles. The molecule has 1 unspecified atom stereocenters. The van der Waals surface area contributed by atoms with Gasteiger partial charge >= 0.3 is 11.8 Å². The summed E-state index contributed by atoms with van der Waals surface area (Å²) < 4.78 is 25.2. The topological polar surface area (TPSA) is 108 Å². The van der Waals surface area contributed by atoms with E-state index in [4.69, 9.17) is 14.9 Å². The van der Waals surface area contributed by atoms with Crippen molar-refractivity contribution in [3.05, 3.63) is 28.5 Å². The molecule has 1 saturated heterocycles. The Morgan fingerprint density at radius 1 is 1.45 bits per heavy atom. The summed E-state index contributed by atoms with van der Waals surface area (Å²) in [6.45, 7) is 1.80. The molecule has 1 aromatic carbocycles. The molecule has 116 valence electrons. The van der Waals surface area contributed by atoms with Crippen LogP contribution < -0.4 is 16.4 Å². The third-order valence-electron chi connectivity index (χ3n) is 3.46. The molecule has 8 nitrogen and oxygen atoms in total. The van der Waals surface area contributed by atoms with E-state index in [9.17, 15) is 18.8 Å². The first-order valence-corrected chi connectivity index (χ1v) is 6.52. The van der Waals surface area contributed by atoms with Gasteiger partial charge in [0.1, 0.15) is 5.52 Å². The van der Waals surface area contributed by atoms with Crippen molar-refractivity contribution >= 4 is 28.8 Å². The van der Waals surface area contributed by atoms with E-state index in [0.717, 1.165) is 15.5 Å². The second-order valence-electron chi connectivity index (χ2n) is 4.77. The molecule has 2 N–H and O–H groups in total. The number of fused-ring (bicyclic) bond motifs is 1. The molecule has 1 aromatic heterocycles. The summed E-state index contributed by atoms with van der Waals surface area (Å²) in [5.41, 5.74) is 5.24. The number of primary amides is 1. The average Bonchev–Trinajstić information content (AvgIpc) is 2.98. The molecule has 0 spiro atoms. The largest absolute Gasteiger partial charge is 0.434 e. The standard InChI is InChI=1S/C13H12FN3O5/c1-2-16-10-7(14)3-6(4-8(10)21-12(16)19)17-5-9(11(15)18)22-13(17)20/h3-4,9H,2,5H2,1H3,(H2,15,18). The lowest BCUT2D eigenvalue weighted by Gasteiger charge is -2.12. The minimum Gasteiger partial charge on any atom is -0.434 e. The molecule has 3 rings (SSSR count). The van der Waals surface area contributed by atoms with Gasteiger partial charge in [0, 0.05) is 18.7 Å². The van der Waals surface area contributed by atoms with Gasteiger partial charge in [0.15, 0.2) is 17.5 Å². The molecule has 1 atom stereocenters. The molecule has 2 amide bonds. The van der Waals surface area contributed by atoms with Crippen LogP contribution >= 0.6 is 0 Å². The van der Waals surface area contributed by atoms with Gasteiger partial charge in [-0.05, 0) is 6.92 Å². The van der Waals surface area contributed by atoms with Crippen LogP contribution in [0.4, 0.5) is 14.9 Å². The van der Waals surface area contributed by atoms with E-state index < -0.39 is 29.7 Å². The smallest absolute Gasteiger partial charge is 0.420 e. The monoisotopic (exact) mass is 309 g/mol. The number of oxazole rings is 1. The summed E-state index contributed by atoms with van der Waals surface area (Å²) in [5, 5.41) is 0. The van der Waals surface area contributed by atoms with Gasteiger partial charge in [-0.1, -0.05) is 0 Å². The van der Waals surface area contributed by atoms with Crippen molar-refractivity contribution in [1.29, 1.82) is 0 Å². The van der Waals surface area contributed by atoms with Crippen LogP contribution in [0.15, 0.2) is 21.3 Å². The van der Waals surface area contributed by atoms with Gasteiger partial charge in [0.2, 0.25) is 0 Å². The predicted molar refractivity (Wildman–Crippen MR) is 72.9 cm³/mol. The Kier molecular flexibility index (Phi) is 3.12. The third kappa shape index (κ3) is 2.01. The highest BCUT2D eigenvalue weighted by atomic mass is 19.1.